The highest BCUT2D eigenvalue weighted by molar-refractivity contribution is 6.18. The number of methoxy groups -OCH3 is 1. The quantitative estimate of drug-likeness (QED) is 0.00586. The van der Waals surface area contributed by atoms with Crippen LogP contribution in [0.15, 0.2) is 87.1 Å². The lowest BCUT2D eigenvalue weighted by atomic mass is 10.2. The fourth-order valence-electron chi connectivity index (χ4n) is 4.95. The fraction of sp³-hybridized carbons (Fsp3) is 0.694. The zero-order valence-corrected chi connectivity index (χ0v) is 66.9. The van der Waals surface area contributed by atoms with E-state index in [9.17, 15) is 50.3 Å². The fourth-order valence-corrected chi connectivity index (χ4v) is 5.04. The number of carbonyl (C=O) groups is 6. The first-order valence-corrected chi connectivity index (χ1v) is 34.0. The number of aliphatic hydroxyl groups excluding tert-OH is 2. The lowest BCUT2D eigenvalue weighted by Gasteiger charge is -2.23. The molecule has 0 aromatic heterocycles. The Kier molecular flexibility index (Phi) is 113. The van der Waals surface area contributed by atoms with E-state index in [1.54, 1.807) is 48.1 Å². The number of aliphatic hydroxyl groups is 2. The normalized spacial score (nSPS) is 11.2. The van der Waals surface area contributed by atoms with Crippen molar-refractivity contribution in [3.05, 3.63) is 100 Å². The molecular weight excluding hydrogens is 1490 g/mol. The summed E-state index contributed by atoms with van der Waals surface area (Å²) in [5.74, 6) is -6.24. The average Bonchev–Trinajstić information content (AvgIpc) is 0.917. The largest absolute Gasteiger partial charge is 0.501 e. The Morgan fingerprint density at radius 3 is 1.06 bits per heavy atom. The van der Waals surface area contributed by atoms with Crippen LogP contribution < -0.4 is 0 Å². The van der Waals surface area contributed by atoms with E-state index in [-0.39, 0.29) is 85.7 Å². The molecule has 3 N–H and O–H groups in total. The number of hydrogen-bond acceptors (Lipinski definition) is 29. The van der Waals surface area contributed by atoms with Gasteiger partial charge < -0.3 is 105 Å². The van der Waals surface area contributed by atoms with Crippen molar-refractivity contribution in [3.63, 3.8) is 0 Å². The van der Waals surface area contributed by atoms with Gasteiger partial charge in [-0.15, -0.1) is 11.6 Å². The van der Waals surface area contributed by atoms with Gasteiger partial charge in [0.15, 0.2) is 6.29 Å². The first-order valence-electron chi connectivity index (χ1n) is 33.5. The summed E-state index contributed by atoms with van der Waals surface area (Å²) in [5, 5.41) is 21.7. The van der Waals surface area contributed by atoms with Crippen LogP contribution in [0.1, 0.15) is 104 Å². The van der Waals surface area contributed by atoms with Crippen LogP contribution in [0, 0.1) is 13.2 Å². The minimum absolute atomic E-state index is 0. The van der Waals surface area contributed by atoms with Crippen molar-refractivity contribution in [2.75, 3.05) is 185 Å². The van der Waals surface area contributed by atoms with Crippen molar-refractivity contribution in [2.24, 2.45) is 0 Å². The highest BCUT2D eigenvalue weighted by atomic mass is 35.5. The predicted octanol–water partition coefficient (Wildman–Crippen LogP) is 11.2. The van der Waals surface area contributed by atoms with Crippen molar-refractivity contribution in [3.8, 4) is 0 Å². The number of esters is 5. The summed E-state index contributed by atoms with van der Waals surface area (Å²) in [6, 6.07) is 0. The van der Waals surface area contributed by atoms with E-state index in [4.69, 9.17) is 122 Å². The smallest absolute Gasteiger partial charge is 0.491 e. The molecule has 0 rings (SSSR count). The Balaban J connectivity index is -0.000000117. The summed E-state index contributed by atoms with van der Waals surface area (Å²) in [5.41, 5.74) is 1.40. The molecule has 0 heterocycles. The van der Waals surface area contributed by atoms with Crippen LogP contribution >= 0.6 is 11.6 Å². The number of carboxylic acid groups (broad SMARTS) is 1. The van der Waals surface area contributed by atoms with Gasteiger partial charge in [-0.2, -0.15) is 35.8 Å². The summed E-state index contributed by atoms with van der Waals surface area (Å²) >= 11 is 5.21. The van der Waals surface area contributed by atoms with Crippen LogP contribution in [0.2, 0.25) is 0 Å². The van der Waals surface area contributed by atoms with Gasteiger partial charge in [0.1, 0.15) is 78.6 Å². The van der Waals surface area contributed by atoms with Gasteiger partial charge in [-0.05, 0) is 90.0 Å². The van der Waals surface area contributed by atoms with E-state index in [1.165, 1.54) is 39.4 Å². The van der Waals surface area contributed by atoms with Gasteiger partial charge in [0.2, 0.25) is 12.9 Å². The van der Waals surface area contributed by atoms with Gasteiger partial charge >= 0.3 is 48.2 Å². The third-order valence-electron chi connectivity index (χ3n) is 9.77. The summed E-state index contributed by atoms with van der Waals surface area (Å²) < 4.78 is 172. The topological polar surface area (TPSA) is 357 Å². The van der Waals surface area contributed by atoms with Gasteiger partial charge in [0.25, 0.3) is 12.7 Å². The molecule has 0 fully saturated rings. The maximum atomic E-state index is 11.7. The highest BCUT2D eigenvalue weighted by Gasteiger charge is 2.42. The standard InChI is InChI=1S/C20H33O8.C14H26O6.C8H13F3O4.C8H12O3.C6H13O2.C6H12O2.C4H7ClO.C2HF3O2.C2H6O.CH4O.CH4/c1-7-23-8-10-25-17(6)18(26-12-13-28-20(22)16(4)5)14-24-9-11-27-19(21)15(2)3;1-6-17-7-8-18-12(4)14(16-5)20-10-9-19-13(15)11(2)3;1-3-13-4-5-14-6(2)15-7(12)8(9,10)11;1-4-10-5-6-11-8(9)7(2)3;2*1-3-7-5-6-8-4-2;1-2-6-4-3-5;3-2(4,5)1(6)7;1-2-3;1-2;/h14,17-18H,2,4,7-13H2,1,3,5-6H3;12,14H,2,6-10H2,1,3-5H3;6H,3-5H2,1-2H3;4H,1-2,5-6H2,3H3;3H,4-6H2,1-2H3;3H,1,4-6H2,2H3;2H,1,3-4H2;(H,6,7);3H,2H2,1H3;2H,1H3;1H4/q+1;;;;+1;;;;;;. The molecule has 0 aliphatic heterocycles. The first-order chi connectivity index (χ1) is 51.0. The average molecular weight is 1630 g/mol. The summed E-state index contributed by atoms with van der Waals surface area (Å²) in [6.07, 6.45) is -8.80. The lowest BCUT2D eigenvalue weighted by Crippen LogP contribution is -2.33. The number of ether oxygens (including phenoxy) is 21. The van der Waals surface area contributed by atoms with Crippen LogP contribution in [-0.4, -0.2) is 280 Å². The molecule has 30 nitrogen and oxygen atoms in total. The zero-order valence-electron chi connectivity index (χ0n) is 66.1. The SMILES string of the molecule is C.C=C(C)C(=O)OCCOC(OC)C(C)OCCOCC.C=C(C)C(=O)OCCO[CH+]C(OCCOC(=O)C(=C)C)C(C)OCCOCC.C=COCCCl.C=COCCOC(=O)C(=C)C.C=COCCOCC.CCO.CCOCCOC(C)OC(=O)C(F)(F)F.CO.C[CH+]OCCOCC.O=C(O)C(F)(F)F. The summed E-state index contributed by atoms with van der Waals surface area (Å²) in [4.78, 5) is 63.7. The molecule has 0 aliphatic carbocycles. The van der Waals surface area contributed by atoms with E-state index in [0.29, 0.717) is 114 Å². The summed E-state index contributed by atoms with van der Waals surface area (Å²) in [7, 11) is 2.53. The molecule has 0 bridgehead atoms. The number of alkyl halides is 7. The maximum Gasteiger partial charge on any atom is 0.491 e. The Bertz CT molecular complexity index is 2140. The number of carbonyl (C=O) groups excluding carboxylic acids is 5. The van der Waals surface area contributed by atoms with E-state index in [2.05, 4.69) is 55.5 Å². The minimum Gasteiger partial charge on any atom is -0.501 e. The van der Waals surface area contributed by atoms with Crippen LogP contribution in [0.3, 0.4) is 0 Å². The van der Waals surface area contributed by atoms with Crippen LogP contribution in [-0.2, 0) is 128 Å². The number of aliphatic carboxylic acids is 1. The Hall–Kier alpha value is -6.59. The molecule has 5 atom stereocenters. The molecule has 0 aliphatic rings. The number of hydrogen-bond donors (Lipinski definition) is 3. The van der Waals surface area contributed by atoms with Crippen LogP contribution in [0.25, 0.3) is 0 Å². The van der Waals surface area contributed by atoms with Crippen molar-refractivity contribution in [2.45, 2.75) is 148 Å². The molecule has 0 amide bonds. The van der Waals surface area contributed by atoms with Crippen molar-refractivity contribution < 1.29 is 170 Å². The second-order valence-corrected chi connectivity index (χ2v) is 19.4. The van der Waals surface area contributed by atoms with Gasteiger partial charge in [-0.1, -0.05) is 53.5 Å². The lowest BCUT2D eigenvalue weighted by molar-refractivity contribution is -0.224. The van der Waals surface area contributed by atoms with Gasteiger partial charge in [0, 0.05) is 76.2 Å². The molecule has 0 aromatic carbocycles. The van der Waals surface area contributed by atoms with E-state index >= 15 is 0 Å². The minimum atomic E-state index is -5.08. The Morgan fingerprint density at radius 1 is 0.459 bits per heavy atom. The third-order valence-corrected chi connectivity index (χ3v) is 9.92. The molecule has 0 saturated carbocycles. The van der Waals surface area contributed by atoms with E-state index < -0.39 is 66.9 Å². The van der Waals surface area contributed by atoms with Gasteiger partial charge in [0.05, 0.1) is 90.7 Å². The molecule has 5 unspecified atom stereocenters. The molecule has 0 radical (unpaired) electrons. The van der Waals surface area contributed by atoms with Crippen molar-refractivity contribution >= 4 is 47.4 Å². The first kappa shape index (κ1) is 126. The number of halogens is 7. The van der Waals surface area contributed by atoms with Crippen LogP contribution in [0.4, 0.5) is 26.3 Å². The maximum absolute atomic E-state index is 11.7. The predicted molar refractivity (Wildman–Crippen MR) is 397 cm³/mol. The molecule has 37 heteroatoms. The van der Waals surface area contributed by atoms with E-state index in [0.717, 1.165) is 20.3 Å². The Morgan fingerprint density at radius 2 is 0.752 bits per heavy atom. The van der Waals surface area contributed by atoms with Crippen LogP contribution in [0.5, 0.6) is 0 Å². The second kappa shape index (κ2) is 97.5. The van der Waals surface area contributed by atoms with Gasteiger partial charge in [-0.25, -0.2) is 28.8 Å². The highest BCUT2D eigenvalue weighted by Crippen LogP contribution is 2.18. The number of rotatable bonds is 53. The molecule has 646 valence electrons. The third kappa shape index (κ3) is 112. The molecule has 0 aromatic rings. The van der Waals surface area contributed by atoms with E-state index in [1.807, 2.05) is 48.5 Å². The summed E-state index contributed by atoms with van der Waals surface area (Å²) in [6.45, 7) is 61.7. The molecule has 0 spiro atoms. The number of carboxylic acids is 1. The second-order valence-electron chi connectivity index (χ2n) is 19.0. The van der Waals surface area contributed by atoms with Crippen molar-refractivity contribution in [1.29, 1.82) is 0 Å². The zero-order chi connectivity index (χ0) is 85.4. The molecule has 0 saturated heterocycles. The molecular formula is C72H131ClF6O30+2. The van der Waals surface area contributed by atoms with Crippen molar-refractivity contribution in [1.82, 2.24) is 0 Å². The molecule has 109 heavy (non-hydrogen) atoms. The van der Waals surface area contributed by atoms with Gasteiger partial charge in [-0.3, -0.25) is 0 Å². The monoisotopic (exact) mass is 1620 g/mol. The Labute approximate surface area is 648 Å².